The Morgan fingerprint density at radius 3 is 2.35 bits per heavy atom. The molecule has 0 aliphatic carbocycles. The summed E-state index contributed by atoms with van der Waals surface area (Å²) in [4.78, 5) is 61.6. The molecule has 2 unspecified atom stereocenters. The Labute approximate surface area is 179 Å². The molecule has 1 aliphatic heterocycles. The van der Waals surface area contributed by atoms with Crippen molar-refractivity contribution < 1.29 is 34.2 Å². The molecule has 1 aromatic carbocycles. The van der Waals surface area contributed by atoms with E-state index >= 15 is 0 Å². The van der Waals surface area contributed by atoms with E-state index in [-0.39, 0.29) is 17.2 Å². The normalized spacial score (nSPS) is 17.6. The summed E-state index contributed by atoms with van der Waals surface area (Å²) >= 11 is 0. The van der Waals surface area contributed by atoms with Gasteiger partial charge >= 0.3 is 5.97 Å². The average Bonchev–Trinajstić information content (AvgIpc) is 3.20. The maximum Gasteiger partial charge on any atom is 0.305 e. The molecule has 0 aromatic heterocycles. The smallest absolute Gasteiger partial charge is 0.305 e. The number of aliphatic carboxylic acids is 1. The average molecular weight is 433 g/mol. The zero-order chi connectivity index (χ0) is 23.1. The van der Waals surface area contributed by atoms with E-state index < -0.39 is 48.2 Å². The quantitative estimate of drug-likeness (QED) is 0.408. The Kier molecular flexibility index (Phi) is 8.12. The molecule has 31 heavy (non-hydrogen) atoms. The van der Waals surface area contributed by atoms with Gasteiger partial charge in [0.1, 0.15) is 24.1 Å². The van der Waals surface area contributed by atoms with Crippen molar-refractivity contribution in [3.8, 4) is 5.75 Å². The lowest BCUT2D eigenvalue weighted by molar-refractivity contribution is -0.142. The Bertz CT molecular complexity index is 838. The maximum atomic E-state index is 13.2. The number of phenols is 1. The molecule has 0 radical (unpaired) electrons. The maximum absolute atomic E-state index is 13.2. The highest BCUT2D eigenvalue weighted by Crippen LogP contribution is 2.21. The lowest BCUT2D eigenvalue weighted by Gasteiger charge is -2.31. The van der Waals surface area contributed by atoms with E-state index in [4.69, 9.17) is 5.11 Å². The molecule has 3 amide bonds. The molecule has 1 aliphatic rings. The number of carbonyl (C=O) groups is 5. The third kappa shape index (κ3) is 6.27. The van der Waals surface area contributed by atoms with Crippen molar-refractivity contribution in [2.75, 3.05) is 6.54 Å². The summed E-state index contributed by atoms with van der Waals surface area (Å²) in [5, 5.41) is 23.3. The van der Waals surface area contributed by atoms with Crippen molar-refractivity contribution in [3.05, 3.63) is 29.8 Å². The molecule has 168 valence electrons. The molecule has 10 nitrogen and oxygen atoms in total. The number of rotatable bonds is 9. The van der Waals surface area contributed by atoms with E-state index in [0.717, 1.165) is 0 Å². The Morgan fingerprint density at radius 1 is 1.16 bits per heavy atom. The van der Waals surface area contributed by atoms with E-state index in [1.165, 1.54) is 29.2 Å². The van der Waals surface area contributed by atoms with Crippen LogP contribution < -0.4 is 10.6 Å². The number of nitrogens with zero attached hydrogens (tertiary/aromatic N) is 1. The molecule has 0 spiro atoms. The highest BCUT2D eigenvalue weighted by atomic mass is 16.4. The van der Waals surface area contributed by atoms with Crippen LogP contribution in [0.15, 0.2) is 24.3 Å². The third-order valence-corrected chi connectivity index (χ3v) is 5.07. The molecule has 1 heterocycles. The van der Waals surface area contributed by atoms with Gasteiger partial charge in [-0.15, -0.1) is 0 Å². The molecular formula is C21H27N3O7. The fourth-order valence-electron chi connectivity index (χ4n) is 3.43. The van der Waals surface area contributed by atoms with Gasteiger partial charge < -0.3 is 30.5 Å². The first-order valence-corrected chi connectivity index (χ1v) is 10.0. The molecule has 10 heteroatoms. The van der Waals surface area contributed by atoms with Crippen molar-refractivity contribution in [3.63, 3.8) is 0 Å². The molecule has 1 saturated heterocycles. The number of phenolic OH excluding ortho intramolecular Hbond substituents is 1. The van der Waals surface area contributed by atoms with Crippen LogP contribution in [-0.2, 0) is 19.2 Å². The number of carbonyl (C=O) groups excluding carboxylic acids is 4. The summed E-state index contributed by atoms with van der Waals surface area (Å²) in [6.45, 7) is 3.83. The second-order valence-corrected chi connectivity index (χ2v) is 7.78. The van der Waals surface area contributed by atoms with Gasteiger partial charge in [-0.1, -0.05) is 13.8 Å². The zero-order valence-electron chi connectivity index (χ0n) is 17.4. The van der Waals surface area contributed by atoms with Gasteiger partial charge in [-0.2, -0.15) is 0 Å². The minimum Gasteiger partial charge on any atom is -0.508 e. The Hall–Kier alpha value is -3.43. The van der Waals surface area contributed by atoms with Crippen molar-refractivity contribution in [1.29, 1.82) is 0 Å². The van der Waals surface area contributed by atoms with Crippen molar-refractivity contribution >= 4 is 30.0 Å². The van der Waals surface area contributed by atoms with E-state index in [1.807, 2.05) is 0 Å². The number of amides is 3. The minimum absolute atomic E-state index is 0.00971. The first-order valence-electron chi connectivity index (χ1n) is 10.0. The number of nitrogens with one attached hydrogen (secondary N) is 2. The highest BCUT2D eigenvalue weighted by Gasteiger charge is 2.39. The van der Waals surface area contributed by atoms with Crippen LogP contribution in [0.1, 0.15) is 43.5 Å². The molecular weight excluding hydrogens is 406 g/mol. The van der Waals surface area contributed by atoms with Crippen molar-refractivity contribution in [2.45, 2.75) is 51.2 Å². The number of carboxylic acids is 1. The first kappa shape index (κ1) is 23.8. The number of benzene rings is 1. The second kappa shape index (κ2) is 10.6. The second-order valence-electron chi connectivity index (χ2n) is 7.78. The van der Waals surface area contributed by atoms with E-state index in [1.54, 1.807) is 13.8 Å². The fraction of sp³-hybridized carbons (Fsp3) is 0.476. The lowest BCUT2D eigenvalue weighted by atomic mass is 10.0. The minimum atomic E-state index is -1.23. The molecule has 1 aromatic rings. The van der Waals surface area contributed by atoms with Gasteiger partial charge in [0.05, 0.1) is 12.5 Å². The SMILES string of the molecule is CC(C)[C@H](NC(=O)c1ccc(O)cc1)C(=O)N1CCCC1C(=O)NC(C=O)CC(=O)O. The molecule has 0 saturated carbocycles. The van der Waals surface area contributed by atoms with Gasteiger partial charge in [0.2, 0.25) is 11.8 Å². The molecule has 4 N–H and O–H groups in total. The van der Waals surface area contributed by atoms with Crippen LogP contribution >= 0.6 is 0 Å². The lowest BCUT2D eigenvalue weighted by Crippen LogP contribution is -2.56. The van der Waals surface area contributed by atoms with Crippen molar-refractivity contribution in [2.24, 2.45) is 5.92 Å². The number of hydrogen-bond donors (Lipinski definition) is 4. The van der Waals surface area contributed by atoms with Crippen LogP contribution in [0.4, 0.5) is 0 Å². The van der Waals surface area contributed by atoms with E-state index in [2.05, 4.69) is 10.6 Å². The van der Waals surface area contributed by atoms with Crippen molar-refractivity contribution in [1.82, 2.24) is 15.5 Å². The highest BCUT2D eigenvalue weighted by molar-refractivity contribution is 5.99. The first-order chi connectivity index (χ1) is 14.6. The van der Waals surface area contributed by atoms with Gasteiger partial charge in [-0.05, 0) is 43.0 Å². The summed E-state index contributed by atoms with van der Waals surface area (Å²) in [5.74, 6) is -3.01. The standard InChI is InChI=1S/C21H27N3O7/c1-12(2)18(23-19(29)13-5-7-15(26)8-6-13)21(31)24-9-3-4-16(24)20(30)22-14(11-25)10-17(27)28/h5-8,11-12,14,16,18,26H,3-4,9-10H2,1-2H3,(H,22,30)(H,23,29)(H,27,28)/t14?,16?,18-/m0/s1. The van der Waals surface area contributed by atoms with E-state index in [9.17, 15) is 29.1 Å². The zero-order valence-corrected chi connectivity index (χ0v) is 17.4. The summed E-state index contributed by atoms with van der Waals surface area (Å²) in [6.07, 6.45) is 0.729. The van der Waals surface area contributed by atoms with Gasteiger partial charge in [-0.3, -0.25) is 19.2 Å². The number of hydrogen-bond acceptors (Lipinski definition) is 6. The van der Waals surface area contributed by atoms with Crippen LogP contribution in [0.3, 0.4) is 0 Å². The topological polar surface area (TPSA) is 153 Å². The van der Waals surface area contributed by atoms with Crippen LogP contribution in [0.25, 0.3) is 0 Å². The largest absolute Gasteiger partial charge is 0.508 e. The number of likely N-dealkylation sites (tertiary alicyclic amines) is 1. The molecule has 0 bridgehead atoms. The summed E-state index contributed by atoms with van der Waals surface area (Å²) in [5.41, 5.74) is 0.273. The third-order valence-electron chi connectivity index (χ3n) is 5.07. The van der Waals surface area contributed by atoms with Crippen LogP contribution in [0.5, 0.6) is 5.75 Å². The van der Waals surface area contributed by atoms with E-state index in [0.29, 0.717) is 25.7 Å². The predicted octanol–water partition coefficient (Wildman–Crippen LogP) is 0.296. The predicted molar refractivity (Wildman–Crippen MR) is 109 cm³/mol. The summed E-state index contributed by atoms with van der Waals surface area (Å²) in [6, 6.07) is 2.66. The Morgan fingerprint density at radius 2 is 1.81 bits per heavy atom. The summed E-state index contributed by atoms with van der Waals surface area (Å²) in [7, 11) is 0. The van der Waals surface area contributed by atoms with Crippen LogP contribution in [0, 0.1) is 5.92 Å². The van der Waals surface area contributed by atoms with Crippen LogP contribution in [-0.4, -0.2) is 69.8 Å². The van der Waals surface area contributed by atoms with Gasteiger partial charge in [0.15, 0.2) is 0 Å². The monoisotopic (exact) mass is 433 g/mol. The Balaban J connectivity index is 2.11. The summed E-state index contributed by atoms with van der Waals surface area (Å²) < 4.78 is 0. The molecule has 1 fully saturated rings. The molecule has 3 atom stereocenters. The van der Waals surface area contributed by atoms with Crippen LogP contribution in [0.2, 0.25) is 0 Å². The number of aromatic hydroxyl groups is 1. The van der Waals surface area contributed by atoms with Gasteiger partial charge in [0.25, 0.3) is 5.91 Å². The number of aldehydes is 1. The molecule has 2 rings (SSSR count). The fourth-order valence-corrected chi connectivity index (χ4v) is 3.43. The number of carboxylic acid groups (broad SMARTS) is 1. The van der Waals surface area contributed by atoms with Gasteiger partial charge in [-0.25, -0.2) is 0 Å². The van der Waals surface area contributed by atoms with Gasteiger partial charge in [0, 0.05) is 12.1 Å².